The summed E-state index contributed by atoms with van der Waals surface area (Å²) < 4.78 is 0. The molecule has 1 aromatic rings. The van der Waals surface area contributed by atoms with Gasteiger partial charge in [0.15, 0.2) is 0 Å². The zero-order chi connectivity index (χ0) is 15.7. The highest BCUT2D eigenvalue weighted by Gasteiger charge is 2.20. The summed E-state index contributed by atoms with van der Waals surface area (Å²) in [5, 5.41) is 9.28. The maximum Gasteiger partial charge on any atom is 0.239 e. The molecule has 4 heteroatoms. The molecule has 0 spiro atoms. The lowest BCUT2D eigenvalue weighted by Gasteiger charge is -2.25. The van der Waals surface area contributed by atoms with Crippen LogP contribution in [0.4, 0.5) is 0 Å². The number of carbonyl (C=O) groups is 1. The first kappa shape index (κ1) is 17.5. The summed E-state index contributed by atoms with van der Waals surface area (Å²) in [5.41, 5.74) is 7.05. The van der Waals surface area contributed by atoms with Crippen LogP contribution in [0, 0.1) is 0 Å². The molecule has 0 fully saturated rings. The van der Waals surface area contributed by atoms with Crippen molar-refractivity contribution < 1.29 is 9.90 Å². The smallest absolute Gasteiger partial charge is 0.239 e. The molecule has 4 nitrogen and oxygen atoms in total. The van der Waals surface area contributed by atoms with E-state index >= 15 is 0 Å². The van der Waals surface area contributed by atoms with Gasteiger partial charge in [0.2, 0.25) is 5.91 Å². The summed E-state index contributed by atoms with van der Waals surface area (Å²) >= 11 is 0. The first-order chi connectivity index (χ1) is 10.1. The molecular formula is C17H28N2O2. The third-order valence-corrected chi connectivity index (χ3v) is 3.58. The number of hydrogen-bond acceptors (Lipinski definition) is 3. The Morgan fingerprint density at radius 2 is 1.67 bits per heavy atom. The molecule has 118 valence electrons. The molecule has 1 aromatic carbocycles. The largest absolute Gasteiger partial charge is 0.508 e. The van der Waals surface area contributed by atoms with Crippen LogP contribution in [0.3, 0.4) is 0 Å². The quantitative estimate of drug-likeness (QED) is 0.735. The van der Waals surface area contributed by atoms with E-state index < -0.39 is 6.04 Å². The van der Waals surface area contributed by atoms with Crippen LogP contribution in [0.5, 0.6) is 5.75 Å². The fourth-order valence-corrected chi connectivity index (χ4v) is 2.24. The highest BCUT2D eigenvalue weighted by atomic mass is 16.3. The molecule has 0 aromatic heterocycles. The second-order valence-electron chi connectivity index (χ2n) is 5.51. The van der Waals surface area contributed by atoms with Crippen LogP contribution in [-0.4, -0.2) is 35.0 Å². The van der Waals surface area contributed by atoms with E-state index in [4.69, 9.17) is 5.73 Å². The minimum atomic E-state index is -0.511. The van der Waals surface area contributed by atoms with Crippen molar-refractivity contribution in [3.05, 3.63) is 29.8 Å². The van der Waals surface area contributed by atoms with Crippen LogP contribution >= 0.6 is 0 Å². The molecule has 0 aliphatic heterocycles. The summed E-state index contributed by atoms with van der Waals surface area (Å²) in [7, 11) is 0. The predicted molar refractivity (Wildman–Crippen MR) is 86.2 cm³/mol. The van der Waals surface area contributed by atoms with Gasteiger partial charge in [-0.15, -0.1) is 0 Å². The summed E-state index contributed by atoms with van der Waals surface area (Å²) in [6.07, 6.45) is 4.68. The van der Waals surface area contributed by atoms with E-state index in [1.807, 2.05) is 17.0 Å². The maximum atomic E-state index is 12.5. The average molecular weight is 292 g/mol. The van der Waals surface area contributed by atoms with Crippen molar-refractivity contribution in [3.63, 3.8) is 0 Å². The number of aromatic hydroxyl groups is 1. The van der Waals surface area contributed by atoms with E-state index in [9.17, 15) is 9.90 Å². The monoisotopic (exact) mass is 292 g/mol. The number of nitrogens with zero attached hydrogens (tertiary/aromatic N) is 1. The van der Waals surface area contributed by atoms with Crippen LogP contribution in [-0.2, 0) is 11.2 Å². The topological polar surface area (TPSA) is 66.6 Å². The Morgan fingerprint density at radius 3 is 2.14 bits per heavy atom. The minimum absolute atomic E-state index is 0.0324. The number of benzene rings is 1. The first-order valence-electron chi connectivity index (χ1n) is 7.90. The average Bonchev–Trinajstić information content (AvgIpc) is 2.49. The number of phenols is 1. The maximum absolute atomic E-state index is 12.5. The lowest BCUT2D eigenvalue weighted by molar-refractivity contribution is -0.132. The van der Waals surface area contributed by atoms with Gasteiger partial charge in [0, 0.05) is 13.1 Å². The van der Waals surface area contributed by atoms with E-state index in [-0.39, 0.29) is 11.7 Å². The molecule has 0 bridgehead atoms. The van der Waals surface area contributed by atoms with Crippen molar-refractivity contribution in [1.82, 2.24) is 4.90 Å². The standard InChI is InChI=1S/C17H28N2O2/c1-3-5-11-19(12-6-4-2)17(21)16(18)13-14-7-9-15(20)10-8-14/h7-10,16,20H,3-6,11-13,18H2,1-2H3/t16-/m1/s1. The van der Waals surface area contributed by atoms with Crippen LogP contribution < -0.4 is 5.73 Å². The number of nitrogens with two attached hydrogens (primary N) is 1. The van der Waals surface area contributed by atoms with Crippen molar-refractivity contribution in [2.45, 2.75) is 52.0 Å². The van der Waals surface area contributed by atoms with Gasteiger partial charge < -0.3 is 15.7 Å². The molecule has 1 amide bonds. The molecule has 1 rings (SSSR count). The molecular weight excluding hydrogens is 264 g/mol. The van der Waals surface area contributed by atoms with Gasteiger partial charge in [-0.1, -0.05) is 38.8 Å². The molecule has 0 aliphatic rings. The minimum Gasteiger partial charge on any atom is -0.508 e. The van der Waals surface area contributed by atoms with Crippen molar-refractivity contribution in [2.75, 3.05) is 13.1 Å². The molecule has 0 saturated carbocycles. The van der Waals surface area contributed by atoms with Gasteiger partial charge in [-0.25, -0.2) is 0 Å². The normalized spacial score (nSPS) is 12.1. The summed E-state index contributed by atoms with van der Waals surface area (Å²) in [6.45, 7) is 5.83. The zero-order valence-corrected chi connectivity index (χ0v) is 13.2. The van der Waals surface area contributed by atoms with Crippen LogP contribution in [0.1, 0.15) is 45.1 Å². The number of hydrogen-bond donors (Lipinski definition) is 2. The Morgan fingerprint density at radius 1 is 1.14 bits per heavy atom. The Hall–Kier alpha value is -1.55. The highest BCUT2D eigenvalue weighted by Crippen LogP contribution is 2.12. The van der Waals surface area contributed by atoms with Gasteiger partial charge >= 0.3 is 0 Å². The lowest BCUT2D eigenvalue weighted by Crippen LogP contribution is -2.45. The molecule has 3 N–H and O–H groups in total. The van der Waals surface area contributed by atoms with Crippen LogP contribution in [0.15, 0.2) is 24.3 Å². The van der Waals surface area contributed by atoms with Crippen LogP contribution in [0.2, 0.25) is 0 Å². The van der Waals surface area contributed by atoms with E-state index in [0.29, 0.717) is 6.42 Å². The lowest BCUT2D eigenvalue weighted by atomic mass is 10.0. The summed E-state index contributed by atoms with van der Waals surface area (Å²) in [4.78, 5) is 14.4. The number of rotatable bonds is 9. The van der Waals surface area contributed by atoms with Crippen molar-refractivity contribution in [3.8, 4) is 5.75 Å². The molecule has 1 atom stereocenters. The van der Waals surface area contributed by atoms with Gasteiger partial charge in [-0.2, -0.15) is 0 Å². The fraction of sp³-hybridized carbons (Fsp3) is 0.588. The third kappa shape index (κ3) is 6.17. The second-order valence-corrected chi connectivity index (χ2v) is 5.51. The summed E-state index contributed by atoms with van der Waals surface area (Å²) in [5.74, 6) is 0.260. The Labute approximate surface area is 128 Å². The number of amides is 1. The Kier molecular flexibility index (Phi) is 7.83. The number of unbranched alkanes of at least 4 members (excludes halogenated alkanes) is 2. The first-order valence-corrected chi connectivity index (χ1v) is 7.90. The molecule has 0 saturated heterocycles. The third-order valence-electron chi connectivity index (χ3n) is 3.58. The van der Waals surface area contributed by atoms with Gasteiger partial charge in [0.1, 0.15) is 5.75 Å². The number of phenolic OH excluding ortho intramolecular Hbond substituents is 1. The van der Waals surface area contributed by atoms with Gasteiger partial charge in [-0.3, -0.25) is 4.79 Å². The Bertz CT molecular complexity index is 409. The van der Waals surface area contributed by atoms with Crippen molar-refractivity contribution in [1.29, 1.82) is 0 Å². The Balaban J connectivity index is 2.60. The molecule has 21 heavy (non-hydrogen) atoms. The van der Waals surface area contributed by atoms with Crippen molar-refractivity contribution in [2.24, 2.45) is 5.73 Å². The molecule has 0 heterocycles. The fourth-order valence-electron chi connectivity index (χ4n) is 2.24. The van der Waals surface area contributed by atoms with Gasteiger partial charge in [0.05, 0.1) is 6.04 Å². The van der Waals surface area contributed by atoms with E-state index in [0.717, 1.165) is 44.3 Å². The van der Waals surface area contributed by atoms with E-state index in [1.165, 1.54) is 0 Å². The molecule has 0 radical (unpaired) electrons. The highest BCUT2D eigenvalue weighted by molar-refractivity contribution is 5.82. The predicted octanol–water partition coefficient (Wildman–Crippen LogP) is 2.69. The molecule has 0 aliphatic carbocycles. The van der Waals surface area contributed by atoms with E-state index in [1.54, 1.807) is 12.1 Å². The second kappa shape index (κ2) is 9.40. The zero-order valence-electron chi connectivity index (χ0n) is 13.2. The van der Waals surface area contributed by atoms with Crippen LogP contribution in [0.25, 0.3) is 0 Å². The SMILES string of the molecule is CCCCN(CCCC)C(=O)[C@H](N)Cc1ccc(O)cc1. The van der Waals surface area contributed by atoms with E-state index in [2.05, 4.69) is 13.8 Å². The molecule has 0 unspecified atom stereocenters. The van der Waals surface area contributed by atoms with Gasteiger partial charge in [0.25, 0.3) is 0 Å². The van der Waals surface area contributed by atoms with Gasteiger partial charge in [-0.05, 0) is 37.0 Å². The number of carbonyl (C=O) groups excluding carboxylic acids is 1. The van der Waals surface area contributed by atoms with Crippen molar-refractivity contribution >= 4 is 5.91 Å². The summed E-state index contributed by atoms with van der Waals surface area (Å²) in [6, 6.07) is 6.36.